The zero-order valence-electron chi connectivity index (χ0n) is 20.4. The van der Waals surface area contributed by atoms with Gasteiger partial charge in [-0.15, -0.1) is 0 Å². The second kappa shape index (κ2) is 10.1. The summed E-state index contributed by atoms with van der Waals surface area (Å²) < 4.78 is 39.9. The Morgan fingerprint density at radius 2 is 2.00 bits per heavy atom. The summed E-state index contributed by atoms with van der Waals surface area (Å²) >= 11 is 0. The van der Waals surface area contributed by atoms with Crippen molar-refractivity contribution >= 4 is 6.09 Å². The first-order valence-electron chi connectivity index (χ1n) is 11.8. The highest BCUT2D eigenvalue weighted by Crippen LogP contribution is 2.40. The van der Waals surface area contributed by atoms with E-state index in [1.54, 1.807) is 27.9 Å². The standard InChI is InChI=1S/C25H38F2N2O4/c1-16-6-7-17(12-16)18-8-9-19(21(13-18)32-5)14-29-15-25(26,27)11-10-20(22(29)30)28-23(31)33-24(2,3)4/h8-9,13,16-17,20,22,30H,6-7,10-12,14-15H2,1-5H3,(H,28,31). The largest absolute Gasteiger partial charge is 0.496 e. The van der Waals surface area contributed by atoms with Gasteiger partial charge >= 0.3 is 6.09 Å². The smallest absolute Gasteiger partial charge is 0.408 e. The van der Waals surface area contributed by atoms with E-state index in [1.165, 1.54) is 16.9 Å². The fourth-order valence-corrected chi connectivity index (χ4v) is 4.87. The van der Waals surface area contributed by atoms with E-state index in [0.717, 1.165) is 18.4 Å². The quantitative estimate of drug-likeness (QED) is 0.633. The molecule has 6 nitrogen and oxygen atoms in total. The third kappa shape index (κ3) is 7.03. The third-order valence-corrected chi connectivity index (χ3v) is 6.54. The Bertz CT molecular complexity index is 827. The van der Waals surface area contributed by atoms with E-state index < -0.39 is 42.9 Å². The van der Waals surface area contributed by atoms with Crippen molar-refractivity contribution in [3.63, 3.8) is 0 Å². The number of aliphatic hydroxyl groups excluding tert-OH is 1. The monoisotopic (exact) mass is 468 g/mol. The molecule has 1 saturated heterocycles. The minimum Gasteiger partial charge on any atom is -0.496 e. The molecular weight excluding hydrogens is 430 g/mol. The Morgan fingerprint density at radius 3 is 2.61 bits per heavy atom. The number of nitrogens with one attached hydrogen (secondary N) is 1. The number of hydrogen-bond acceptors (Lipinski definition) is 5. The normalized spacial score (nSPS) is 28.2. The topological polar surface area (TPSA) is 71.0 Å². The number of amides is 1. The second-order valence-electron chi connectivity index (χ2n) is 10.7. The number of halogens is 2. The Labute approximate surface area is 195 Å². The molecule has 186 valence electrons. The molecule has 1 amide bonds. The molecule has 1 aromatic carbocycles. The molecule has 0 bridgehead atoms. The van der Waals surface area contributed by atoms with Gasteiger partial charge in [-0.05, 0) is 63.5 Å². The number of carbonyl (C=O) groups is 1. The Balaban J connectivity index is 1.77. The zero-order chi connectivity index (χ0) is 24.4. The lowest BCUT2D eigenvalue weighted by molar-refractivity contribution is -0.0776. The summed E-state index contributed by atoms with van der Waals surface area (Å²) in [7, 11) is 1.57. The minimum absolute atomic E-state index is 0.0557. The first-order valence-corrected chi connectivity index (χ1v) is 11.8. The molecule has 0 spiro atoms. The van der Waals surface area contributed by atoms with Crippen molar-refractivity contribution in [3.05, 3.63) is 29.3 Å². The van der Waals surface area contributed by atoms with E-state index in [1.807, 2.05) is 18.2 Å². The van der Waals surface area contributed by atoms with Crippen LogP contribution < -0.4 is 10.1 Å². The van der Waals surface area contributed by atoms with E-state index in [-0.39, 0.29) is 13.0 Å². The molecule has 0 aromatic heterocycles. The maximum atomic E-state index is 14.5. The molecule has 33 heavy (non-hydrogen) atoms. The van der Waals surface area contributed by atoms with Crippen molar-refractivity contribution in [3.8, 4) is 5.75 Å². The number of alkyl halides is 2. The lowest BCUT2D eigenvalue weighted by Gasteiger charge is -2.32. The van der Waals surface area contributed by atoms with Gasteiger partial charge in [0, 0.05) is 18.5 Å². The molecular formula is C25H38F2N2O4. The van der Waals surface area contributed by atoms with Crippen LogP contribution in [0.1, 0.15) is 76.8 Å². The highest BCUT2D eigenvalue weighted by atomic mass is 19.3. The van der Waals surface area contributed by atoms with E-state index in [0.29, 0.717) is 17.6 Å². The van der Waals surface area contributed by atoms with Crippen LogP contribution in [0.4, 0.5) is 13.6 Å². The summed E-state index contributed by atoms with van der Waals surface area (Å²) in [5.41, 5.74) is 1.20. The van der Waals surface area contributed by atoms with Gasteiger partial charge in [-0.25, -0.2) is 13.6 Å². The van der Waals surface area contributed by atoms with Crippen molar-refractivity contribution in [1.29, 1.82) is 0 Å². The average molecular weight is 469 g/mol. The SMILES string of the molecule is COc1cc(C2CCC(C)C2)ccc1CN1CC(F)(F)CCC(NC(=O)OC(C)(C)C)C1O. The van der Waals surface area contributed by atoms with Gasteiger partial charge in [0.2, 0.25) is 0 Å². The number of carbonyl (C=O) groups excluding carboxylic acids is 1. The maximum absolute atomic E-state index is 14.5. The molecule has 1 aliphatic carbocycles. The first-order chi connectivity index (χ1) is 15.4. The predicted molar refractivity (Wildman–Crippen MR) is 123 cm³/mol. The number of hydrogen-bond donors (Lipinski definition) is 2. The van der Waals surface area contributed by atoms with Crippen LogP contribution in [0, 0.1) is 5.92 Å². The van der Waals surface area contributed by atoms with Crippen LogP contribution in [-0.4, -0.2) is 53.5 Å². The fourth-order valence-electron chi connectivity index (χ4n) is 4.87. The zero-order valence-corrected chi connectivity index (χ0v) is 20.4. The minimum atomic E-state index is -2.99. The molecule has 2 fully saturated rings. The number of methoxy groups -OCH3 is 1. The van der Waals surface area contributed by atoms with Gasteiger partial charge in [-0.3, -0.25) is 4.90 Å². The first kappa shape index (κ1) is 25.7. The van der Waals surface area contributed by atoms with E-state index in [9.17, 15) is 18.7 Å². The van der Waals surface area contributed by atoms with Crippen molar-refractivity contribution in [2.24, 2.45) is 5.92 Å². The summed E-state index contributed by atoms with van der Waals surface area (Å²) in [6.07, 6.45) is 0.971. The van der Waals surface area contributed by atoms with Crippen molar-refractivity contribution in [1.82, 2.24) is 10.2 Å². The molecule has 1 saturated carbocycles. The van der Waals surface area contributed by atoms with Crippen LogP contribution in [0.5, 0.6) is 5.75 Å². The molecule has 0 radical (unpaired) electrons. The number of likely N-dealkylation sites (tertiary alicyclic amines) is 1. The number of benzene rings is 1. The summed E-state index contributed by atoms with van der Waals surface area (Å²) in [5.74, 6) is -1.18. The van der Waals surface area contributed by atoms with Crippen LogP contribution >= 0.6 is 0 Å². The molecule has 2 aliphatic rings. The van der Waals surface area contributed by atoms with Gasteiger partial charge in [0.1, 0.15) is 17.6 Å². The van der Waals surface area contributed by atoms with Gasteiger partial charge in [-0.1, -0.05) is 25.5 Å². The molecule has 4 unspecified atom stereocenters. The molecule has 8 heteroatoms. The van der Waals surface area contributed by atoms with Crippen molar-refractivity contribution in [2.75, 3.05) is 13.7 Å². The Hall–Kier alpha value is -1.93. The van der Waals surface area contributed by atoms with Gasteiger partial charge < -0.3 is 19.9 Å². The van der Waals surface area contributed by atoms with E-state index in [2.05, 4.69) is 12.2 Å². The van der Waals surface area contributed by atoms with Gasteiger partial charge in [0.15, 0.2) is 0 Å². The number of nitrogens with zero attached hydrogens (tertiary/aromatic N) is 1. The summed E-state index contributed by atoms with van der Waals surface area (Å²) in [6, 6.07) is 5.07. The van der Waals surface area contributed by atoms with Gasteiger partial charge in [0.05, 0.1) is 19.7 Å². The second-order valence-corrected chi connectivity index (χ2v) is 10.7. The number of ether oxygens (including phenoxy) is 2. The summed E-state index contributed by atoms with van der Waals surface area (Å²) in [6.45, 7) is 6.89. The lowest BCUT2D eigenvalue weighted by Crippen LogP contribution is -2.52. The van der Waals surface area contributed by atoms with Crippen LogP contribution in [0.25, 0.3) is 0 Å². The van der Waals surface area contributed by atoms with Crippen molar-refractivity contribution < 1.29 is 28.2 Å². The average Bonchev–Trinajstić information content (AvgIpc) is 3.11. The van der Waals surface area contributed by atoms with E-state index in [4.69, 9.17) is 9.47 Å². The lowest BCUT2D eigenvalue weighted by atomic mass is 9.95. The summed E-state index contributed by atoms with van der Waals surface area (Å²) in [4.78, 5) is 13.5. The van der Waals surface area contributed by atoms with Crippen LogP contribution in [0.3, 0.4) is 0 Å². The summed E-state index contributed by atoms with van der Waals surface area (Å²) in [5, 5.41) is 13.5. The Morgan fingerprint density at radius 1 is 1.27 bits per heavy atom. The number of alkyl carbamates (subject to hydrolysis) is 1. The van der Waals surface area contributed by atoms with Gasteiger partial charge in [0.25, 0.3) is 5.92 Å². The molecule has 1 aliphatic heterocycles. The molecule has 4 atom stereocenters. The van der Waals surface area contributed by atoms with Crippen molar-refractivity contribution in [2.45, 2.75) is 96.1 Å². The Kier molecular flexibility index (Phi) is 7.89. The van der Waals surface area contributed by atoms with Gasteiger partial charge in [-0.2, -0.15) is 0 Å². The fraction of sp³-hybridized carbons (Fsp3) is 0.720. The third-order valence-electron chi connectivity index (χ3n) is 6.54. The van der Waals surface area contributed by atoms with E-state index >= 15 is 0 Å². The molecule has 3 rings (SSSR count). The highest BCUT2D eigenvalue weighted by Gasteiger charge is 2.42. The molecule has 1 aromatic rings. The molecule has 1 heterocycles. The predicted octanol–water partition coefficient (Wildman–Crippen LogP) is 5.04. The number of rotatable bonds is 5. The number of aliphatic hydroxyl groups is 1. The highest BCUT2D eigenvalue weighted by molar-refractivity contribution is 5.68. The maximum Gasteiger partial charge on any atom is 0.408 e. The van der Waals surface area contributed by atoms with Crippen LogP contribution in [0.2, 0.25) is 0 Å². The molecule has 2 N–H and O–H groups in total. The van der Waals surface area contributed by atoms with Crippen LogP contribution in [0.15, 0.2) is 18.2 Å². The van der Waals surface area contributed by atoms with Crippen LogP contribution in [-0.2, 0) is 11.3 Å².